The summed E-state index contributed by atoms with van der Waals surface area (Å²) in [5.41, 5.74) is 0. The van der Waals surface area contributed by atoms with Gasteiger partial charge in [0, 0.05) is 19.5 Å². The molecule has 0 N–H and O–H groups in total. The molecule has 2 unspecified atom stereocenters. The van der Waals surface area contributed by atoms with Crippen LogP contribution in [0.2, 0.25) is 0 Å². The van der Waals surface area contributed by atoms with Gasteiger partial charge in [-0.2, -0.15) is 0 Å². The lowest BCUT2D eigenvalue weighted by Crippen LogP contribution is -2.26. The van der Waals surface area contributed by atoms with Crippen LogP contribution in [0, 0.1) is 0 Å². The lowest BCUT2D eigenvalue weighted by molar-refractivity contribution is 0.0601. The number of rotatable bonds is 4. The Hall–Kier alpha value is -0.850. The van der Waals surface area contributed by atoms with Gasteiger partial charge in [-0.05, 0) is 27.7 Å². The number of hydrogen-bond acceptors (Lipinski definition) is 4. The maximum atomic E-state index is 11.8. The van der Waals surface area contributed by atoms with Crippen molar-refractivity contribution < 1.29 is 9.29 Å². The van der Waals surface area contributed by atoms with E-state index in [1.807, 2.05) is 32.3 Å². The first-order valence-electron chi connectivity index (χ1n) is 5.38. The Kier molecular flexibility index (Phi) is 4.73. The highest BCUT2D eigenvalue weighted by molar-refractivity contribution is 7.91. The molecule has 1 rings (SSSR count). The Morgan fingerprint density at radius 2 is 2.24 bits per heavy atom. The molecule has 0 aliphatic carbocycles. The second kappa shape index (κ2) is 5.66. The van der Waals surface area contributed by atoms with Crippen LogP contribution in [0.3, 0.4) is 0 Å². The molecule has 0 saturated carbocycles. The van der Waals surface area contributed by atoms with Crippen LogP contribution in [0.15, 0.2) is 16.8 Å². The lowest BCUT2D eigenvalue weighted by Gasteiger charge is -2.18. The van der Waals surface area contributed by atoms with Crippen molar-refractivity contribution >= 4 is 17.6 Å². The minimum absolute atomic E-state index is 0.123. The Labute approximate surface area is 105 Å². The van der Waals surface area contributed by atoms with Gasteiger partial charge in [0.15, 0.2) is 5.82 Å². The van der Waals surface area contributed by atoms with Crippen molar-refractivity contribution in [2.75, 3.05) is 7.11 Å². The Morgan fingerprint density at radius 1 is 1.59 bits per heavy atom. The minimum atomic E-state index is -1.27. The molecule has 0 fully saturated rings. The van der Waals surface area contributed by atoms with Crippen LogP contribution in [0.25, 0.3) is 0 Å². The van der Waals surface area contributed by atoms with Gasteiger partial charge in [0.2, 0.25) is 0 Å². The monoisotopic (exact) mass is 257 g/mol. The van der Waals surface area contributed by atoms with Gasteiger partial charge in [-0.15, -0.1) is 0 Å². The van der Waals surface area contributed by atoms with Crippen molar-refractivity contribution in [3.8, 4) is 0 Å². The summed E-state index contributed by atoms with van der Waals surface area (Å²) < 4.78 is 22.4. The molecule has 5 nitrogen and oxygen atoms in total. The summed E-state index contributed by atoms with van der Waals surface area (Å²) in [6.07, 6.45) is 4.87. The number of nitrogens with zero attached hydrogens (tertiary/aromatic N) is 3. The van der Waals surface area contributed by atoms with E-state index in [0.717, 1.165) is 0 Å². The van der Waals surface area contributed by atoms with Crippen molar-refractivity contribution in [3.63, 3.8) is 0 Å². The van der Waals surface area contributed by atoms with Crippen molar-refractivity contribution in [2.45, 2.75) is 38.7 Å². The average Bonchev–Trinajstić information content (AvgIpc) is 2.71. The summed E-state index contributed by atoms with van der Waals surface area (Å²) in [6, 6.07) is 0. The van der Waals surface area contributed by atoms with E-state index in [1.54, 1.807) is 19.5 Å². The zero-order chi connectivity index (χ0) is 13.1. The molecule has 1 aromatic heterocycles. The number of aromatic nitrogens is 2. The summed E-state index contributed by atoms with van der Waals surface area (Å²) in [5, 5.41) is 0. The maximum Gasteiger partial charge on any atom is 0.157 e. The van der Waals surface area contributed by atoms with Gasteiger partial charge in [0.1, 0.15) is 28.6 Å². The molecule has 0 aromatic carbocycles. The van der Waals surface area contributed by atoms with Gasteiger partial charge in [0.25, 0.3) is 0 Å². The van der Waals surface area contributed by atoms with Crippen LogP contribution in [-0.4, -0.2) is 32.2 Å². The van der Waals surface area contributed by atoms with Gasteiger partial charge < -0.3 is 13.9 Å². The van der Waals surface area contributed by atoms with E-state index in [1.165, 1.54) is 6.21 Å². The highest BCUT2D eigenvalue weighted by Crippen LogP contribution is 2.17. The predicted molar refractivity (Wildman–Crippen MR) is 69.4 cm³/mol. The van der Waals surface area contributed by atoms with E-state index >= 15 is 0 Å². The molecule has 0 spiro atoms. The highest BCUT2D eigenvalue weighted by atomic mass is 32.2. The standard InChI is InChI=1S/C11H19N3O2S/c1-9(16-5)14-7-6-12-10(14)8-13-17(15)11(2,3)4/h6-9H,1-5H3. The van der Waals surface area contributed by atoms with Gasteiger partial charge in [0.05, 0.1) is 0 Å². The highest BCUT2D eigenvalue weighted by Gasteiger charge is 2.26. The van der Waals surface area contributed by atoms with Crippen molar-refractivity contribution in [2.24, 2.45) is 4.40 Å². The van der Waals surface area contributed by atoms with Crippen molar-refractivity contribution in [1.29, 1.82) is 0 Å². The van der Waals surface area contributed by atoms with Gasteiger partial charge in [-0.3, -0.25) is 0 Å². The summed E-state index contributed by atoms with van der Waals surface area (Å²) in [5.74, 6) is 0.636. The molecule has 0 amide bonds. The van der Waals surface area contributed by atoms with Crippen LogP contribution in [-0.2, 0) is 16.1 Å². The van der Waals surface area contributed by atoms with Crippen LogP contribution >= 0.6 is 0 Å². The van der Waals surface area contributed by atoms with Crippen molar-refractivity contribution in [1.82, 2.24) is 9.55 Å². The number of hydrogen-bond donors (Lipinski definition) is 0. The molecule has 1 aromatic rings. The van der Waals surface area contributed by atoms with Gasteiger partial charge in [-0.1, -0.05) is 4.40 Å². The van der Waals surface area contributed by atoms with E-state index in [2.05, 4.69) is 9.38 Å². The van der Waals surface area contributed by atoms with Crippen LogP contribution in [0.5, 0.6) is 0 Å². The Morgan fingerprint density at radius 3 is 2.76 bits per heavy atom. The Bertz CT molecular complexity index is 384. The summed E-state index contributed by atoms with van der Waals surface area (Å²) in [7, 11) is 1.62. The SMILES string of the molecule is COC(C)n1ccnc1C=N[S+]([O-])C(C)(C)C. The van der Waals surface area contributed by atoms with Crippen LogP contribution < -0.4 is 0 Å². The fraction of sp³-hybridized carbons (Fsp3) is 0.636. The number of methoxy groups -OCH3 is 1. The normalized spacial score (nSPS) is 16.4. The third-order valence-corrected chi connectivity index (χ3v) is 3.56. The summed E-state index contributed by atoms with van der Waals surface area (Å²) in [6.45, 7) is 7.54. The van der Waals surface area contributed by atoms with E-state index in [0.29, 0.717) is 5.82 Å². The molecular formula is C11H19N3O2S. The third-order valence-electron chi connectivity index (χ3n) is 2.22. The number of imidazole rings is 1. The molecule has 0 aliphatic heterocycles. The van der Waals surface area contributed by atoms with E-state index < -0.39 is 11.4 Å². The smallest absolute Gasteiger partial charge is 0.157 e. The second-order valence-electron chi connectivity index (χ2n) is 4.62. The third kappa shape index (κ3) is 3.83. The molecule has 96 valence electrons. The molecular weight excluding hydrogens is 238 g/mol. The predicted octanol–water partition coefficient (Wildman–Crippen LogP) is 1.93. The largest absolute Gasteiger partial charge is 0.591 e. The van der Waals surface area contributed by atoms with E-state index in [9.17, 15) is 4.55 Å². The first-order chi connectivity index (χ1) is 7.86. The van der Waals surface area contributed by atoms with Gasteiger partial charge in [-0.25, -0.2) is 4.98 Å². The summed E-state index contributed by atoms with van der Waals surface area (Å²) in [4.78, 5) is 4.14. The molecule has 0 radical (unpaired) electrons. The quantitative estimate of drug-likeness (QED) is 0.611. The fourth-order valence-corrected chi connectivity index (χ4v) is 1.60. The van der Waals surface area contributed by atoms with Crippen LogP contribution in [0.1, 0.15) is 39.7 Å². The molecule has 0 saturated heterocycles. The average molecular weight is 257 g/mol. The zero-order valence-electron chi connectivity index (χ0n) is 10.9. The molecule has 2 atom stereocenters. The molecule has 6 heteroatoms. The first-order valence-corrected chi connectivity index (χ1v) is 6.48. The van der Waals surface area contributed by atoms with E-state index in [-0.39, 0.29) is 11.0 Å². The van der Waals surface area contributed by atoms with Gasteiger partial charge >= 0.3 is 0 Å². The molecule has 1 heterocycles. The fourth-order valence-electron chi connectivity index (χ4n) is 1.10. The topological polar surface area (TPSA) is 62.5 Å². The Balaban J connectivity index is 2.82. The van der Waals surface area contributed by atoms with E-state index in [4.69, 9.17) is 4.74 Å². The lowest BCUT2D eigenvalue weighted by atomic mass is 10.3. The summed E-state index contributed by atoms with van der Waals surface area (Å²) >= 11 is -1.27. The molecule has 0 bridgehead atoms. The zero-order valence-corrected chi connectivity index (χ0v) is 11.7. The maximum absolute atomic E-state index is 11.8. The second-order valence-corrected chi connectivity index (χ2v) is 6.56. The molecule has 0 aliphatic rings. The first kappa shape index (κ1) is 14.2. The van der Waals surface area contributed by atoms with Crippen molar-refractivity contribution in [3.05, 3.63) is 18.2 Å². The molecule has 17 heavy (non-hydrogen) atoms. The number of ether oxygens (including phenoxy) is 1. The van der Waals surface area contributed by atoms with Crippen LogP contribution in [0.4, 0.5) is 0 Å². The minimum Gasteiger partial charge on any atom is -0.591 e.